The van der Waals surface area contributed by atoms with Crippen LogP contribution in [0.3, 0.4) is 0 Å². The second-order valence-electron chi connectivity index (χ2n) is 6.65. The number of nitrogens with one attached hydrogen (secondary N) is 2. The second-order valence-corrected chi connectivity index (χ2v) is 8.41. The van der Waals surface area contributed by atoms with Crippen molar-refractivity contribution in [2.45, 2.75) is 11.4 Å². The van der Waals surface area contributed by atoms with Crippen LogP contribution in [0.4, 0.5) is 10.1 Å². The minimum absolute atomic E-state index is 0.0308. The van der Waals surface area contributed by atoms with Crippen molar-refractivity contribution in [1.82, 2.24) is 9.62 Å². The molecule has 1 aromatic heterocycles. The Hall–Kier alpha value is -3.50. The molecule has 0 fully saturated rings. The van der Waals surface area contributed by atoms with Gasteiger partial charge in [0.25, 0.3) is 5.91 Å². The van der Waals surface area contributed by atoms with Crippen LogP contribution in [-0.4, -0.2) is 38.7 Å². The lowest BCUT2D eigenvalue weighted by Gasteiger charge is -2.17. The summed E-state index contributed by atoms with van der Waals surface area (Å²) in [6.07, 6.45) is 1.44. The summed E-state index contributed by atoms with van der Waals surface area (Å²) in [5.74, 6) is -0.995. The molecule has 3 aromatic rings. The maximum absolute atomic E-state index is 12.9. The van der Waals surface area contributed by atoms with E-state index >= 15 is 0 Å². The summed E-state index contributed by atoms with van der Waals surface area (Å²) in [7, 11) is -2.46. The second kappa shape index (κ2) is 9.54. The number of nitrogens with zero attached hydrogens (tertiary/aromatic N) is 1. The Labute approximate surface area is 178 Å². The first-order valence-electron chi connectivity index (χ1n) is 9.17. The van der Waals surface area contributed by atoms with E-state index in [1.54, 1.807) is 12.1 Å². The van der Waals surface area contributed by atoms with Gasteiger partial charge in [0, 0.05) is 18.3 Å². The van der Waals surface area contributed by atoms with E-state index in [1.165, 1.54) is 61.8 Å². The fourth-order valence-electron chi connectivity index (χ4n) is 2.70. The predicted octanol–water partition coefficient (Wildman–Crippen LogP) is 2.61. The van der Waals surface area contributed by atoms with Crippen molar-refractivity contribution in [3.8, 4) is 0 Å². The first-order chi connectivity index (χ1) is 14.7. The van der Waals surface area contributed by atoms with Gasteiger partial charge in [0.2, 0.25) is 15.9 Å². The quantitative estimate of drug-likeness (QED) is 0.554. The number of amides is 2. The number of furan rings is 1. The third-order valence-electron chi connectivity index (χ3n) is 4.26. The standard InChI is InChI=1S/C21H20FN3O5S/c1-25(14-20(26)24-17-9-7-16(22)8-10-17)21(27)15-4-2-6-19(12-15)31(28,29)23-13-18-5-3-11-30-18/h2-12,23H,13-14H2,1H3,(H,24,26). The fourth-order valence-corrected chi connectivity index (χ4v) is 3.74. The van der Waals surface area contributed by atoms with Gasteiger partial charge in [-0.3, -0.25) is 9.59 Å². The lowest BCUT2D eigenvalue weighted by molar-refractivity contribution is -0.116. The summed E-state index contributed by atoms with van der Waals surface area (Å²) in [5, 5.41) is 2.56. The van der Waals surface area contributed by atoms with Crippen LogP contribution in [0.2, 0.25) is 0 Å². The highest BCUT2D eigenvalue weighted by Crippen LogP contribution is 2.14. The maximum atomic E-state index is 12.9. The van der Waals surface area contributed by atoms with Crippen LogP contribution in [0.5, 0.6) is 0 Å². The molecule has 8 nitrogen and oxygen atoms in total. The Kier molecular flexibility index (Phi) is 6.83. The Morgan fingerprint density at radius 3 is 2.48 bits per heavy atom. The average Bonchev–Trinajstić information content (AvgIpc) is 3.27. The van der Waals surface area contributed by atoms with E-state index in [2.05, 4.69) is 10.0 Å². The predicted molar refractivity (Wildman–Crippen MR) is 111 cm³/mol. The highest BCUT2D eigenvalue weighted by atomic mass is 32.2. The van der Waals surface area contributed by atoms with Crippen LogP contribution in [0.15, 0.2) is 76.2 Å². The molecule has 3 rings (SSSR count). The molecule has 2 amide bonds. The highest BCUT2D eigenvalue weighted by molar-refractivity contribution is 7.89. The third-order valence-corrected chi connectivity index (χ3v) is 5.66. The maximum Gasteiger partial charge on any atom is 0.254 e. The lowest BCUT2D eigenvalue weighted by atomic mass is 10.2. The van der Waals surface area contributed by atoms with E-state index in [0.717, 1.165) is 4.90 Å². The molecule has 2 N–H and O–H groups in total. The van der Waals surface area contributed by atoms with E-state index in [0.29, 0.717) is 11.4 Å². The van der Waals surface area contributed by atoms with Crippen molar-refractivity contribution >= 4 is 27.5 Å². The zero-order valence-electron chi connectivity index (χ0n) is 16.5. The number of rotatable bonds is 8. The van der Waals surface area contributed by atoms with Gasteiger partial charge in [0.1, 0.15) is 11.6 Å². The van der Waals surface area contributed by atoms with Gasteiger partial charge < -0.3 is 14.6 Å². The minimum Gasteiger partial charge on any atom is -0.468 e. The van der Waals surface area contributed by atoms with Gasteiger partial charge in [0.05, 0.1) is 24.2 Å². The number of carbonyl (C=O) groups is 2. The molecule has 0 radical (unpaired) electrons. The summed E-state index contributed by atoms with van der Waals surface area (Å²) >= 11 is 0. The van der Waals surface area contributed by atoms with Crippen LogP contribution in [0.25, 0.3) is 0 Å². The SMILES string of the molecule is CN(CC(=O)Nc1ccc(F)cc1)C(=O)c1cccc(S(=O)(=O)NCc2ccco2)c1. The van der Waals surface area contributed by atoms with Gasteiger partial charge >= 0.3 is 0 Å². The monoisotopic (exact) mass is 445 g/mol. The van der Waals surface area contributed by atoms with E-state index < -0.39 is 27.7 Å². The van der Waals surface area contributed by atoms with Crippen LogP contribution in [-0.2, 0) is 21.4 Å². The number of benzene rings is 2. The molecule has 0 spiro atoms. The first kappa shape index (κ1) is 22.2. The number of hydrogen-bond acceptors (Lipinski definition) is 5. The zero-order chi connectivity index (χ0) is 22.4. The Bertz CT molecular complexity index is 1160. The number of hydrogen-bond donors (Lipinski definition) is 2. The highest BCUT2D eigenvalue weighted by Gasteiger charge is 2.19. The van der Waals surface area contributed by atoms with Crippen molar-refractivity contribution in [2.75, 3.05) is 18.9 Å². The molecule has 0 aliphatic carbocycles. The van der Waals surface area contributed by atoms with Gasteiger partial charge in [-0.25, -0.2) is 17.5 Å². The van der Waals surface area contributed by atoms with Crippen molar-refractivity contribution in [3.05, 3.63) is 84.1 Å². The molecular formula is C21H20FN3O5S. The summed E-state index contributed by atoms with van der Waals surface area (Å²) < 4.78 is 45.5. The topological polar surface area (TPSA) is 109 Å². The zero-order valence-corrected chi connectivity index (χ0v) is 17.4. The van der Waals surface area contributed by atoms with Crippen molar-refractivity contribution in [2.24, 2.45) is 0 Å². The van der Waals surface area contributed by atoms with Crippen LogP contribution >= 0.6 is 0 Å². The number of anilines is 1. The van der Waals surface area contributed by atoms with Gasteiger partial charge in [0.15, 0.2) is 0 Å². The average molecular weight is 445 g/mol. The molecular weight excluding hydrogens is 425 g/mol. The van der Waals surface area contributed by atoms with Gasteiger partial charge in [-0.2, -0.15) is 0 Å². The Balaban J connectivity index is 1.64. The minimum atomic E-state index is -3.88. The molecule has 0 aliphatic rings. The number of halogens is 1. The van der Waals surface area contributed by atoms with Crippen molar-refractivity contribution in [3.63, 3.8) is 0 Å². The molecule has 0 unspecified atom stereocenters. The van der Waals surface area contributed by atoms with E-state index in [4.69, 9.17) is 4.42 Å². The molecule has 10 heteroatoms. The molecule has 31 heavy (non-hydrogen) atoms. The summed E-state index contributed by atoms with van der Waals surface area (Å²) in [4.78, 5) is 25.9. The summed E-state index contributed by atoms with van der Waals surface area (Å²) in [6, 6.07) is 14.0. The summed E-state index contributed by atoms with van der Waals surface area (Å²) in [5.41, 5.74) is 0.501. The van der Waals surface area contributed by atoms with Crippen LogP contribution < -0.4 is 10.0 Å². The first-order valence-corrected chi connectivity index (χ1v) is 10.7. The van der Waals surface area contributed by atoms with Crippen LogP contribution in [0, 0.1) is 5.82 Å². The number of carbonyl (C=O) groups excluding carboxylic acids is 2. The largest absolute Gasteiger partial charge is 0.468 e. The van der Waals surface area contributed by atoms with E-state index in [9.17, 15) is 22.4 Å². The number of sulfonamides is 1. The Morgan fingerprint density at radius 1 is 1.06 bits per heavy atom. The van der Waals surface area contributed by atoms with Gasteiger partial charge in [-0.1, -0.05) is 6.07 Å². The van der Waals surface area contributed by atoms with Crippen molar-refractivity contribution in [1.29, 1.82) is 0 Å². The molecule has 0 saturated carbocycles. The molecule has 1 heterocycles. The Morgan fingerprint density at radius 2 is 1.81 bits per heavy atom. The van der Waals surface area contributed by atoms with E-state index in [1.807, 2.05) is 0 Å². The smallest absolute Gasteiger partial charge is 0.254 e. The normalized spacial score (nSPS) is 11.2. The van der Waals surface area contributed by atoms with Gasteiger partial charge in [-0.15, -0.1) is 0 Å². The molecule has 2 aromatic carbocycles. The molecule has 0 bridgehead atoms. The van der Waals surface area contributed by atoms with E-state index in [-0.39, 0.29) is 23.5 Å². The van der Waals surface area contributed by atoms with Gasteiger partial charge in [-0.05, 0) is 54.6 Å². The molecule has 0 atom stereocenters. The number of likely N-dealkylation sites (N-methyl/N-ethyl adjacent to an activating group) is 1. The fraction of sp³-hybridized carbons (Fsp3) is 0.143. The third kappa shape index (κ3) is 6.00. The summed E-state index contributed by atoms with van der Waals surface area (Å²) in [6.45, 7) is -0.305. The van der Waals surface area contributed by atoms with Crippen LogP contribution in [0.1, 0.15) is 16.1 Å². The molecule has 0 saturated heterocycles. The lowest BCUT2D eigenvalue weighted by Crippen LogP contribution is -2.35. The molecule has 0 aliphatic heterocycles. The molecule has 162 valence electrons. The van der Waals surface area contributed by atoms with Crippen molar-refractivity contribution < 1.29 is 26.8 Å².